The van der Waals surface area contributed by atoms with Gasteiger partial charge in [-0.05, 0) is 59.5 Å². The number of methoxy groups -OCH3 is 1. The zero-order chi connectivity index (χ0) is 28.3. The number of anilines is 1. The van der Waals surface area contributed by atoms with Crippen molar-refractivity contribution in [2.75, 3.05) is 19.0 Å². The molecule has 4 aromatic rings. The maximum absolute atomic E-state index is 13.4. The molecule has 0 fully saturated rings. The SMILES string of the molecule is COc1ccc(NC(=O)c2coc(COc3ccc4c(c3)C(c3ccccc3)N(C(=O)C(C)(C)C)CC4)n2)cc1. The molecule has 2 heterocycles. The Bertz CT molecular complexity index is 1490. The molecule has 0 bridgehead atoms. The fourth-order valence-electron chi connectivity index (χ4n) is 4.82. The van der Waals surface area contributed by atoms with Crippen LogP contribution in [0.1, 0.15) is 59.9 Å². The molecular formula is C32H33N3O5. The first-order valence-corrected chi connectivity index (χ1v) is 13.2. The molecule has 1 atom stereocenters. The van der Waals surface area contributed by atoms with Crippen molar-refractivity contribution >= 4 is 17.5 Å². The lowest BCUT2D eigenvalue weighted by atomic mass is 9.85. The van der Waals surface area contributed by atoms with Crippen LogP contribution in [0.4, 0.5) is 5.69 Å². The van der Waals surface area contributed by atoms with E-state index >= 15 is 0 Å². The third-order valence-electron chi connectivity index (χ3n) is 6.86. The van der Waals surface area contributed by atoms with E-state index in [9.17, 15) is 9.59 Å². The lowest BCUT2D eigenvalue weighted by Crippen LogP contribution is -2.45. The van der Waals surface area contributed by atoms with E-state index in [0.29, 0.717) is 23.7 Å². The second-order valence-electron chi connectivity index (χ2n) is 10.8. The van der Waals surface area contributed by atoms with Gasteiger partial charge in [-0.15, -0.1) is 0 Å². The first-order chi connectivity index (χ1) is 19.2. The van der Waals surface area contributed by atoms with Gasteiger partial charge in [0.1, 0.15) is 17.8 Å². The molecule has 1 aliphatic heterocycles. The van der Waals surface area contributed by atoms with Crippen LogP contribution < -0.4 is 14.8 Å². The summed E-state index contributed by atoms with van der Waals surface area (Å²) in [4.78, 5) is 32.3. The van der Waals surface area contributed by atoms with E-state index in [1.54, 1.807) is 31.4 Å². The van der Waals surface area contributed by atoms with Crippen molar-refractivity contribution in [1.82, 2.24) is 9.88 Å². The summed E-state index contributed by atoms with van der Waals surface area (Å²) in [6.45, 7) is 6.56. The molecule has 5 rings (SSSR count). The Hall–Kier alpha value is -4.59. The van der Waals surface area contributed by atoms with Crippen molar-refractivity contribution in [2.24, 2.45) is 5.41 Å². The van der Waals surface area contributed by atoms with Crippen LogP contribution in [0.2, 0.25) is 0 Å². The van der Waals surface area contributed by atoms with Crippen LogP contribution in [0.25, 0.3) is 0 Å². The van der Waals surface area contributed by atoms with Gasteiger partial charge in [0.05, 0.1) is 13.2 Å². The number of ether oxygens (including phenoxy) is 2. The molecular weight excluding hydrogens is 506 g/mol. The third kappa shape index (κ3) is 5.86. The van der Waals surface area contributed by atoms with Crippen molar-refractivity contribution in [3.05, 3.63) is 107 Å². The molecule has 0 radical (unpaired) electrons. The molecule has 1 N–H and O–H groups in total. The van der Waals surface area contributed by atoms with Crippen molar-refractivity contribution in [3.8, 4) is 11.5 Å². The van der Waals surface area contributed by atoms with Crippen molar-refractivity contribution in [2.45, 2.75) is 39.8 Å². The van der Waals surface area contributed by atoms with E-state index in [1.165, 1.54) is 11.8 Å². The number of amides is 2. The molecule has 0 saturated heterocycles. The van der Waals surface area contributed by atoms with E-state index in [0.717, 1.165) is 17.5 Å². The van der Waals surface area contributed by atoms with Crippen LogP contribution in [0, 0.1) is 5.41 Å². The normalized spacial score (nSPS) is 14.8. The topological polar surface area (TPSA) is 93.9 Å². The number of nitrogens with one attached hydrogen (secondary N) is 1. The number of hydrogen-bond acceptors (Lipinski definition) is 6. The zero-order valence-corrected chi connectivity index (χ0v) is 23.1. The average molecular weight is 540 g/mol. The van der Waals surface area contributed by atoms with E-state index in [4.69, 9.17) is 13.9 Å². The monoisotopic (exact) mass is 539 g/mol. The third-order valence-corrected chi connectivity index (χ3v) is 6.86. The Morgan fingerprint density at radius 1 is 1.02 bits per heavy atom. The van der Waals surface area contributed by atoms with Gasteiger partial charge in [-0.2, -0.15) is 0 Å². The molecule has 0 spiro atoms. The predicted molar refractivity (Wildman–Crippen MR) is 151 cm³/mol. The van der Waals surface area contributed by atoms with E-state index in [1.807, 2.05) is 56.0 Å². The van der Waals surface area contributed by atoms with Crippen LogP contribution in [-0.4, -0.2) is 35.4 Å². The molecule has 0 aliphatic carbocycles. The van der Waals surface area contributed by atoms with Crippen LogP contribution >= 0.6 is 0 Å². The Labute approximate surface area is 233 Å². The Morgan fingerprint density at radius 3 is 2.45 bits per heavy atom. The first-order valence-electron chi connectivity index (χ1n) is 13.2. The Morgan fingerprint density at radius 2 is 1.75 bits per heavy atom. The Balaban J connectivity index is 1.32. The molecule has 0 saturated carbocycles. The van der Waals surface area contributed by atoms with E-state index < -0.39 is 5.41 Å². The molecule has 1 aliphatic rings. The number of oxazole rings is 1. The minimum atomic E-state index is -0.499. The van der Waals surface area contributed by atoms with E-state index in [2.05, 4.69) is 28.5 Å². The van der Waals surface area contributed by atoms with Gasteiger partial charge in [0.25, 0.3) is 5.91 Å². The molecule has 40 heavy (non-hydrogen) atoms. The maximum Gasteiger partial charge on any atom is 0.277 e. The van der Waals surface area contributed by atoms with Crippen LogP contribution in [-0.2, 0) is 17.8 Å². The number of fused-ring (bicyclic) bond motifs is 1. The molecule has 8 heteroatoms. The largest absolute Gasteiger partial charge is 0.497 e. The van der Waals surface area contributed by atoms with Crippen molar-refractivity contribution in [3.63, 3.8) is 0 Å². The van der Waals surface area contributed by atoms with Gasteiger partial charge in [-0.25, -0.2) is 4.98 Å². The average Bonchev–Trinajstić information content (AvgIpc) is 3.45. The van der Waals surface area contributed by atoms with Crippen LogP contribution in [0.15, 0.2) is 83.5 Å². The second kappa shape index (κ2) is 11.3. The molecule has 2 amide bonds. The standard InChI is InChI=1S/C32H33N3O5/c1-32(2,3)31(37)35-17-16-21-10-13-25(18-26(21)29(35)22-8-6-5-7-9-22)39-20-28-34-27(19-40-28)30(36)33-23-11-14-24(38-4)15-12-23/h5-15,18-19,29H,16-17,20H2,1-4H3,(H,33,36). The van der Waals surface area contributed by atoms with Gasteiger partial charge in [0.2, 0.25) is 11.8 Å². The minimum Gasteiger partial charge on any atom is -0.497 e. The number of carbonyl (C=O) groups excluding carboxylic acids is 2. The highest BCUT2D eigenvalue weighted by molar-refractivity contribution is 6.02. The highest BCUT2D eigenvalue weighted by Gasteiger charge is 2.37. The predicted octanol–water partition coefficient (Wildman–Crippen LogP) is 6.03. The lowest BCUT2D eigenvalue weighted by molar-refractivity contribution is -0.141. The summed E-state index contributed by atoms with van der Waals surface area (Å²) in [5, 5.41) is 2.78. The summed E-state index contributed by atoms with van der Waals surface area (Å²) >= 11 is 0. The lowest BCUT2D eigenvalue weighted by Gasteiger charge is -2.41. The molecule has 3 aromatic carbocycles. The summed E-state index contributed by atoms with van der Waals surface area (Å²) in [5.74, 6) is 1.33. The highest BCUT2D eigenvalue weighted by Crippen LogP contribution is 2.39. The fourth-order valence-corrected chi connectivity index (χ4v) is 4.82. The zero-order valence-electron chi connectivity index (χ0n) is 23.1. The highest BCUT2D eigenvalue weighted by atomic mass is 16.5. The fraction of sp³-hybridized carbons (Fsp3) is 0.281. The summed E-state index contributed by atoms with van der Waals surface area (Å²) in [7, 11) is 1.58. The summed E-state index contributed by atoms with van der Waals surface area (Å²) in [5.41, 5.74) is 3.56. The summed E-state index contributed by atoms with van der Waals surface area (Å²) in [6.07, 6.45) is 2.08. The van der Waals surface area contributed by atoms with Crippen molar-refractivity contribution in [1.29, 1.82) is 0 Å². The van der Waals surface area contributed by atoms with Gasteiger partial charge in [-0.3, -0.25) is 9.59 Å². The van der Waals surface area contributed by atoms with E-state index in [-0.39, 0.29) is 36.0 Å². The number of benzene rings is 3. The molecule has 206 valence electrons. The number of carbonyl (C=O) groups is 2. The summed E-state index contributed by atoms with van der Waals surface area (Å²) < 4.78 is 16.7. The quantitative estimate of drug-likeness (QED) is 0.308. The van der Waals surface area contributed by atoms with Gasteiger partial charge in [-0.1, -0.05) is 57.2 Å². The maximum atomic E-state index is 13.4. The van der Waals surface area contributed by atoms with Gasteiger partial charge in [0.15, 0.2) is 12.3 Å². The first kappa shape index (κ1) is 27.0. The number of hydrogen-bond donors (Lipinski definition) is 1. The Kier molecular flexibility index (Phi) is 7.60. The van der Waals surface area contributed by atoms with Gasteiger partial charge in [0, 0.05) is 17.6 Å². The molecule has 1 aromatic heterocycles. The smallest absolute Gasteiger partial charge is 0.277 e. The number of nitrogens with zero attached hydrogens (tertiary/aromatic N) is 2. The number of rotatable bonds is 7. The van der Waals surface area contributed by atoms with Crippen molar-refractivity contribution < 1.29 is 23.5 Å². The van der Waals surface area contributed by atoms with Crippen LogP contribution in [0.5, 0.6) is 11.5 Å². The molecule has 1 unspecified atom stereocenters. The van der Waals surface area contributed by atoms with Crippen LogP contribution in [0.3, 0.4) is 0 Å². The number of aromatic nitrogens is 1. The minimum absolute atomic E-state index is 0.0508. The van der Waals surface area contributed by atoms with Gasteiger partial charge >= 0.3 is 0 Å². The molecule has 8 nitrogen and oxygen atoms in total. The summed E-state index contributed by atoms with van der Waals surface area (Å²) in [6, 6.07) is 22.9. The van der Waals surface area contributed by atoms with Gasteiger partial charge < -0.3 is 24.1 Å². The second-order valence-corrected chi connectivity index (χ2v) is 10.8.